The van der Waals surface area contributed by atoms with Crippen LogP contribution in [0.3, 0.4) is 0 Å². The number of benzene rings is 1. The van der Waals surface area contributed by atoms with E-state index in [4.69, 9.17) is 16.1 Å². The fourth-order valence-electron chi connectivity index (χ4n) is 2.29. The van der Waals surface area contributed by atoms with Crippen LogP contribution in [0.5, 0.6) is 0 Å². The molecule has 1 saturated heterocycles. The van der Waals surface area contributed by atoms with Gasteiger partial charge < -0.3 is 4.52 Å². The first-order chi connectivity index (χ1) is 11.4. The molecule has 2 heterocycles. The molecule has 9 heteroatoms. The van der Waals surface area contributed by atoms with Gasteiger partial charge in [-0.1, -0.05) is 16.8 Å². The van der Waals surface area contributed by atoms with Crippen molar-refractivity contribution in [3.8, 4) is 11.4 Å². The number of nitrogens with zero attached hydrogens (tertiary/aromatic N) is 4. The Bertz CT molecular complexity index is 815. The summed E-state index contributed by atoms with van der Waals surface area (Å²) in [4.78, 5) is 41.8. The number of hydrogen-bond acceptors (Lipinski definition) is 6. The van der Waals surface area contributed by atoms with E-state index >= 15 is 0 Å². The summed E-state index contributed by atoms with van der Waals surface area (Å²) < 4.78 is 5.07. The highest BCUT2D eigenvalue weighted by Gasteiger charge is 2.46. The molecule has 0 atom stereocenters. The fraction of sp³-hybridized carbons (Fsp3) is 0.267. The molecule has 1 aromatic heterocycles. The van der Waals surface area contributed by atoms with Gasteiger partial charge in [-0.2, -0.15) is 4.98 Å². The average Bonchev–Trinajstić information content (AvgIpc) is 3.08. The summed E-state index contributed by atoms with van der Waals surface area (Å²) in [7, 11) is 0. The topological polar surface area (TPSA) is 96.6 Å². The third kappa shape index (κ3) is 2.76. The Kier molecular flexibility index (Phi) is 4.06. The van der Waals surface area contributed by atoms with E-state index in [1.807, 2.05) is 0 Å². The summed E-state index contributed by atoms with van der Waals surface area (Å²) in [5, 5.41) is 4.38. The highest BCUT2D eigenvalue weighted by atomic mass is 35.5. The van der Waals surface area contributed by atoms with Crippen LogP contribution in [-0.4, -0.2) is 43.8 Å². The van der Waals surface area contributed by atoms with Gasteiger partial charge in [-0.25, -0.2) is 9.69 Å². The van der Waals surface area contributed by atoms with E-state index in [1.165, 1.54) is 0 Å². The molecule has 3 rings (SSSR count). The molecule has 8 nitrogen and oxygen atoms in total. The van der Waals surface area contributed by atoms with E-state index in [-0.39, 0.29) is 12.4 Å². The van der Waals surface area contributed by atoms with Crippen molar-refractivity contribution in [1.82, 2.24) is 19.9 Å². The van der Waals surface area contributed by atoms with E-state index in [0.29, 0.717) is 16.4 Å². The highest BCUT2D eigenvalue weighted by Crippen LogP contribution is 2.21. The predicted octanol–water partition coefficient (Wildman–Crippen LogP) is 2.09. The lowest BCUT2D eigenvalue weighted by atomic mass is 10.2. The van der Waals surface area contributed by atoms with Crippen LogP contribution in [0, 0.1) is 0 Å². The zero-order chi connectivity index (χ0) is 17.4. The third-order valence-electron chi connectivity index (χ3n) is 3.46. The minimum Gasteiger partial charge on any atom is -0.337 e. The van der Waals surface area contributed by atoms with Gasteiger partial charge in [0.2, 0.25) is 11.7 Å². The van der Waals surface area contributed by atoms with Crippen molar-refractivity contribution >= 4 is 29.4 Å². The Morgan fingerprint density at radius 3 is 2.38 bits per heavy atom. The minimum atomic E-state index is -0.903. The summed E-state index contributed by atoms with van der Waals surface area (Å²) in [6, 6.07) is 5.69. The van der Waals surface area contributed by atoms with Gasteiger partial charge in [-0.15, -0.1) is 0 Å². The molecule has 1 fully saturated rings. The molecule has 124 valence electrons. The van der Waals surface area contributed by atoms with Gasteiger partial charge in [0.1, 0.15) is 6.54 Å². The Hall–Kier alpha value is -2.74. The molecule has 2 aromatic rings. The van der Waals surface area contributed by atoms with Gasteiger partial charge in [-0.3, -0.25) is 14.5 Å². The first kappa shape index (κ1) is 16.1. The Balaban J connectivity index is 1.80. The first-order valence-corrected chi connectivity index (χ1v) is 7.54. The Labute approximate surface area is 142 Å². The molecule has 0 unspecified atom stereocenters. The molecule has 0 bridgehead atoms. The van der Waals surface area contributed by atoms with Crippen LogP contribution in [0.2, 0.25) is 5.02 Å². The maximum Gasteiger partial charge on any atom is 0.334 e. The van der Waals surface area contributed by atoms with Gasteiger partial charge in [-0.05, 0) is 38.1 Å². The summed E-state index contributed by atoms with van der Waals surface area (Å²) in [6.07, 6.45) is 0. The third-order valence-corrected chi connectivity index (χ3v) is 3.72. The first-order valence-electron chi connectivity index (χ1n) is 7.16. The van der Waals surface area contributed by atoms with Crippen molar-refractivity contribution in [3.05, 3.63) is 35.2 Å². The van der Waals surface area contributed by atoms with Crippen molar-refractivity contribution in [2.45, 2.75) is 26.4 Å². The quantitative estimate of drug-likeness (QED) is 0.620. The Morgan fingerprint density at radius 1 is 1.12 bits per heavy atom. The van der Waals surface area contributed by atoms with Gasteiger partial charge >= 0.3 is 17.8 Å². The summed E-state index contributed by atoms with van der Waals surface area (Å²) in [5.74, 6) is -1.40. The number of imide groups is 2. The zero-order valence-corrected chi connectivity index (χ0v) is 13.6. The van der Waals surface area contributed by atoms with Gasteiger partial charge in [0.25, 0.3) is 0 Å². The number of rotatable bonds is 4. The molecule has 1 aliphatic heterocycles. The van der Waals surface area contributed by atoms with Crippen LogP contribution in [0.25, 0.3) is 11.4 Å². The molecule has 4 amide bonds. The lowest BCUT2D eigenvalue weighted by molar-refractivity contribution is -0.144. The van der Waals surface area contributed by atoms with Crippen LogP contribution in [0.1, 0.15) is 19.7 Å². The van der Waals surface area contributed by atoms with Crippen LogP contribution in [0.15, 0.2) is 28.8 Å². The zero-order valence-electron chi connectivity index (χ0n) is 12.9. The SMILES string of the molecule is CC(C)N1C(=O)C(=O)N(Cc2nc(-c3ccc(Cl)cc3)no2)C1=O. The highest BCUT2D eigenvalue weighted by molar-refractivity contribution is 6.44. The second-order valence-electron chi connectivity index (χ2n) is 5.46. The number of carbonyl (C=O) groups excluding carboxylic acids is 3. The monoisotopic (exact) mass is 348 g/mol. The number of carbonyl (C=O) groups is 3. The van der Waals surface area contributed by atoms with Gasteiger partial charge in [0.15, 0.2) is 0 Å². The summed E-state index contributed by atoms with van der Waals surface area (Å²) >= 11 is 5.82. The van der Waals surface area contributed by atoms with Crippen molar-refractivity contribution in [3.63, 3.8) is 0 Å². The van der Waals surface area contributed by atoms with Crippen LogP contribution in [0.4, 0.5) is 4.79 Å². The summed E-state index contributed by atoms with van der Waals surface area (Å²) in [6.45, 7) is 3.04. The molecule has 0 N–H and O–H groups in total. The second kappa shape index (κ2) is 6.04. The van der Waals surface area contributed by atoms with E-state index in [0.717, 1.165) is 9.80 Å². The number of urea groups is 1. The number of hydrogen-bond donors (Lipinski definition) is 0. The minimum absolute atomic E-state index is 0.0556. The predicted molar refractivity (Wildman–Crippen MR) is 82.7 cm³/mol. The molecule has 0 spiro atoms. The molecule has 24 heavy (non-hydrogen) atoms. The van der Waals surface area contributed by atoms with Crippen molar-refractivity contribution < 1.29 is 18.9 Å². The fourth-order valence-corrected chi connectivity index (χ4v) is 2.41. The van der Waals surface area contributed by atoms with Gasteiger partial charge in [0.05, 0.1) is 0 Å². The normalized spacial score (nSPS) is 15.1. The lowest BCUT2D eigenvalue weighted by Crippen LogP contribution is -2.37. The summed E-state index contributed by atoms with van der Waals surface area (Å²) in [5.41, 5.74) is 0.674. The van der Waals surface area contributed by atoms with Crippen molar-refractivity contribution in [2.24, 2.45) is 0 Å². The number of aromatic nitrogens is 2. The van der Waals surface area contributed by atoms with E-state index in [1.54, 1.807) is 38.1 Å². The molecule has 0 saturated carbocycles. The van der Waals surface area contributed by atoms with Crippen molar-refractivity contribution in [1.29, 1.82) is 0 Å². The van der Waals surface area contributed by atoms with Crippen LogP contribution >= 0.6 is 11.6 Å². The van der Waals surface area contributed by atoms with E-state index in [9.17, 15) is 14.4 Å². The molecule has 1 aliphatic rings. The average molecular weight is 349 g/mol. The largest absolute Gasteiger partial charge is 0.337 e. The lowest BCUT2D eigenvalue weighted by Gasteiger charge is -2.17. The molecular formula is C15H13ClN4O4. The molecule has 1 aromatic carbocycles. The van der Waals surface area contributed by atoms with Crippen molar-refractivity contribution in [2.75, 3.05) is 0 Å². The molecular weight excluding hydrogens is 336 g/mol. The standard InChI is InChI=1S/C15H13ClN4O4/c1-8(2)20-14(22)13(21)19(15(20)23)7-11-17-12(18-24-11)9-3-5-10(16)6-4-9/h3-6,8H,7H2,1-2H3. The van der Waals surface area contributed by atoms with Crippen LogP contribution < -0.4 is 0 Å². The van der Waals surface area contributed by atoms with E-state index in [2.05, 4.69) is 10.1 Å². The number of amides is 4. The van der Waals surface area contributed by atoms with Crippen LogP contribution in [-0.2, 0) is 16.1 Å². The Morgan fingerprint density at radius 2 is 1.79 bits per heavy atom. The second-order valence-corrected chi connectivity index (χ2v) is 5.90. The van der Waals surface area contributed by atoms with Gasteiger partial charge in [0, 0.05) is 16.6 Å². The maximum atomic E-state index is 12.2. The maximum absolute atomic E-state index is 12.2. The van der Waals surface area contributed by atoms with E-state index < -0.39 is 23.9 Å². The molecule has 0 radical (unpaired) electrons. The number of halogens is 1. The smallest absolute Gasteiger partial charge is 0.334 e. The molecule has 0 aliphatic carbocycles.